The Morgan fingerprint density at radius 2 is 1.76 bits per heavy atom. The number of hydrogen-bond donors (Lipinski definition) is 2. The summed E-state index contributed by atoms with van der Waals surface area (Å²) in [6, 6.07) is 9.38. The number of rotatable bonds is 6. The SMILES string of the molecule is Nc1c(Br)cc(C(=O)[C@@H]2C[C@H]2C(=O)N2CCC(n3cc(-c4cccc([N+](=O)[O-])c4)[nH]c3=O)CC2)cc1Br. The van der Waals surface area contributed by atoms with Crippen molar-refractivity contribution in [2.24, 2.45) is 11.8 Å². The molecule has 1 aliphatic carbocycles. The van der Waals surface area contributed by atoms with Crippen LogP contribution in [-0.2, 0) is 4.79 Å². The first-order chi connectivity index (χ1) is 17.6. The highest BCUT2D eigenvalue weighted by Gasteiger charge is 2.50. The number of Topliss-reactive ketones (excluding diaryl/α,β-unsaturated/α-hetero) is 1. The van der Waals surface area contributed by atoms with E-state index in [1.54, 1.807) is 39.9 Å². The van der Waals surface area contributed by atoms with E-state index in [1.807, 2.05) is 0 Å². The molecule has 12 heteroatoms. The molecule has 2 fully saturated rings. The van der Waals surface area contributed by atoms with Crippen LogP contribution in [-0.4, -0.2) is 44.2 Å². The number of anilines is 1. The van der Waals surface area contributed by atoms with E-state index in [1.165, 1.54) is 12.1 Å². The molecule has 0 radical (unpaired) electrons. The molecule has 1 aromatic heterocycles. The van der Waals surface area contributed by atoms with Gasteiger partial charge in [-0.25, -0.2) is 4.79 Å². The maximum atomic E-state index is 13.1. The molecule has 10 nitrogen and oxygen atoms in total. The van der Waals surface area contributed by atoms with Gasteiger partial charge in [0.25, 0.3) is 5.69 Å². The predicted molar refractivity (Wildman–Crippen MR) is 144 cm³/mol. The second-order valence-electron chi connectivity index (χ2n) is 9.41. The maximum Gasteiger partial charge on any atom is 0.326 e. The number of non-ortho nitro benzene ring substituents is 1. The van der Waals surface area contributed by atoms with Gasteiger partial charge in [-0.05, 0) is 63.3 Å². The van der Waals surface area contributed by atoms with Crippen molar-refractivity contribution in [3.63, 3.8) is 0 Å². The predicted octanol–water partition coefficient (Wildman–Crippen LogP) is 4.54. The van der Waals surface area contributed by atoms with E-state index >= 15 is 0 Å². The Morgan fingerprint density at radius 1 is 1.08 bits per heavy atom. The zero-order valence-corrected chi connectivity index (χ0v) is 22.7. The highest BCUT2D eigenvalue weighted by atomic mass is 79.9. The number of benzene rings is 2. The summed E-state index contributed by atoms with van der Waals surface area (Å²) >= 11 is 6.72. The van der Waals surface area contributed by atoms with Crippen LogP contribution in [0.25, 0.3) is 11.3 Å². The number of nitro benzene ring substituents is 1. The standard InChI is InChI=1S/C25H23Br2N5O5/c26-19-9-14(10-20(27)22(19)28)23(33)17-11-18(17)24(34)30-6-4-15(5-7-30)31-12-21(29-25(31)35)13-2-1-3-16(8-13)32(36)37/h1-3,8-10,12,15,17-18H,4-7,11,28H2,(H,29,35)/t17-,18-/m1/s1. The number of ketones is 1. The molecule has 3 aromatic rings. The van der Waals surface area contributed by atoms with Crippen LogP contribution in [0.1, 0.15) is 35.7 Å². The van der Waals surface area contributed by atoms with Crippen LogP contribution >= 0.6 is 31.9 Å². The average molecular weight is 633 g/mol. The van der Waals surface area contributed by atoms with Gasteiger partial charge in [-0.2, -0.15) is 0 Å². The molecule has 1 amide bonds. The molecule has 1 aliphatic heterocycles. The van der Waals surface area contributed by atoms with Gasteiger partial charge in [0.15, 0.2) is 5.78 Å². The summed E-state index contributed by atoms with van der Waals surface area (Å²) in [7, 11) is 0. The van der Waals surface area contributed by atoms with Crippen LogP contribution in [0.2, 0.25) is 0 Å². The Kier molecular flexibility index (Phi) is 6.80. The molecular weight excluding hydrogens is 610 g/mol. The summed E-state index contributed by atoms with van der Waals surface area (Å²) in [6.45, 7) is 0.979. The van der Waals surface area contributed by atoms with E-state index < -0.39 is 4.92 Å². The molecule has 0 bridgehead atoms. The van der Waals surface area contributed by atoms with E-state index in [0.29, 0.717) is 63.8 Å². The van der Waals surface area contributed by atoms with E-state index in [-0.39, 0.29) is 40.9 Å². The zero-order valence-electron chi connectivity index (χ0n) is 19.5. The second kappa shape index (κ2) is 9.90. The molecule has 0 spiro atoms. The molecule has 2 aromatic carbocycles. The number of nitro groups is 1. The molecule has 3 N–H and O–H groups in total. The van der Waals surface area contributed by atoms with E-state index in [4.69, 9.17) is 5.73 Å². The van der Waals surface area contributed by atoms with E-state index in [2.05, 4.69) is 36.8 Å². The number of imidazole rings is 1. The zero-order chi connectivity index (χ0) is 26.4. The highest BCUT2D eigenvalue weighted by Crippen LogP contribution is 2.44. The monoisotopic (exact) mass is 631 g/mol. The lowest BCUT2D eigenvalue weighted by Crippen LogP contribution is -2.41. The molecule has 0 unspecified atom stereocenters. The van der Waals surface area contributed by atoms with Crippen LogP contribution < -0.4 is 11.4 Å². The number of carbonyl (C=O) groups is 2. The van der Waals surface area contributed by atoms with Crippen LogP contribution in [0, 0.1) is 22.0 Å². The summed E-state index contributed by atoms with van der Waals surface area (Å²) in [5.74, 6) is -0.752. The third kappa shape index (κ3) is 4.99. The number of H-pyrrole nitrogens is 1. The first-order valence-electron chi connectivity index (χ1n) is 11.8. The van der Waals surface area contributed by atoms with E-state index in [9.17, 15) is 24.5 Å². The first-order valence-corrected chi connectivity index (χ1v) is 13.4. The van der Waals surface area contributed by atoms with Crippen LogP contribution in [0.3, 0.4) is 0 Å². The molecular formula is C25H23Br2N5O5. The number of aromatic nitrogens is 2. The summed E-state index contributed by atoms with van der Waals surface area (Å²) < 4.78 is 2.87. The molecule has 2 aliphatic rings. The Hall–Kier alpha value is -3.25. The third-order valence-corrected chi connectivity index (χ3v) is 8.40. The van der Waals surface area contributed by atoms with Crippen molar-refractivity contribution in [1.29, 1.82) is 0 Å². The number of hydrogen-bond acceptors (Lipinski definition) is 6. The van der Waals surface area contributed by atoms with Gasteiger partial charge in [0, 0.05) is 69.4 Å². The van der Waals surface area contributed by atoms with Gasteiger partial charge >= 0.3 is 5.69 Å². The quantitative estimate of drug-likeness (QED) is 0.177. The van der Waals surface area contributed by atoms with Gasteiger partial charge < -0.3 is 15.6 Å². The first kappa shape index (κ1) is 25.4. The minimum Gasteiger partial charge on any atom is -0.397 e. The van der Waals surface area contributed by atoms with Gasteiger partial charge in [-0.1, -0.05) is 12.1 Å². The molecule has 1 saturated heterocycles. The fourth-order valence-electron chi connectivity index (χ4n) is 4.91. The number of likely N-dealkylation sites (tertiary alicyclic amines) is 1. The largest absolute Gasteiger partial charge is 0.397 e. The number of carbonyl (C=O) groups excluding carboxylic acids is 2. The van der Waals surface area contributed by atoms with Crippen LogP contribution in [0.15, 0.2) is 56.3 Å². The van der Waals surface area contributed by atoms with Crippen LogP contribution in [0.5, 0.6) is 0 Å². The molecule has 2 atom stereocenters. The van der Waals surface area contributed by atoms with Gasteiger partial charge in [0.2, 0.25) is 5.91 Å². The smallest absolute Gasteiger partial charge is 0.326 e. The Balaban J connectivity index is 1.21. The second-order valence-corrected chi connectivity index (χ2v) is 11.1. The lowest BCUT2D eigenvalue weighted by molar-refractivity contribution is -0.384. The fourth-order valence-corrected chi connectivity index (χ4v) is 6.10. The van der Waals surface area contributed by atoms with Gasteiger partial charge in [-0.15, -0.1) is 0 Å². The number of nitrogens with one attached hydrogen (secondary N) is 1. The molecule has 1 saturated carbocycles. The lowest BCUT2D eigenvalue weighted by atomic mass is 10.0. The molecule has 2 heterocycles. The molecule has 192 valence electrons. The number of aromatic amines is 1. The van der Waals surface area contributed by atoms with Crippen molar-refractivity contribution >= 4 is 54.9 Å². The Labute approximate surface area is 228 Å². The molecule has 37 heavy (non-hydrogen) atoms. The summed E-state index contributed by atoms with van der Waals surface area (Å²) in [5, 5.41) is 11.1. The number of nitrogen functional groups attached to an aromatic ring is 1. The summed E-state index contributed by atoms with van der Waals surface area (Å²) in [5.41, 5.74) is 7.66. The summed E-state index contributed by atoms with van der Waals surface area (Å²) in [4.78, 5) is 53.8. The van der Waals surface area contributed by atoms with Crippen molar-refractivity contribution in [2.45, 2.75) is 25.3 Å². The van der Waals surface area contributed by atoms with Crippen molar-refractivity contribution in [3.05, 3.63) is 77.7 Å². The van der Waals surface area contributed by atoms with E-state index in [0.717, 1.165) is 0 Å². The van der Waals surface area contributed by atoms with Crippen molar-refractivity contribution in [2.75, 3.05) is 18.8 Å². The number of halogens is 2. The topological polar surface area (TPSA) is 144 Å². The van der Waals surface area contributed by atoms with Gasteiger partial charge in [0.05, 0.1) is 16.3 Å². The molecule has 5 rings (SSSR count). The lowest BCUT2D eigenvalue weighted by Gasteiger charge is -2.32. The van der Waals surface area contributed by atoms with Crippen molar-refractivity contribution < 1.29 is 14.5 Å². The Morgan fingerprint density at radius 3 is 2.41 bits per heavy atom. The van der Waals surface area contributed by atoms with Gasteiger partial charge in [0.1, 0.15) is 0 Å². The highest BCUT2D eigenvalue weighted by molar-refractivity contribution is 9.11. The normalized spacial score (nSPS) is 19.6. The fraction of sp³-hybridized carbons (Fsp3) is 0.320. The number of nitrogens with two attached hydrogens (primary N) is 1. The van der Waals surface area contributed by atoms with Gasteiger partial charge in [-0.3, -0.25) is 24.3 Å². The average Bonchev–Trinajstić information content (AvgIpc) is 3.60. The number of amides is 1. The van der Waals surface area contributed by atoms with Crippen LogP contribution in [0.4, 0.5) is 11.4 Å². The maximum absolute atomic E-state index is 13.1. The van der Waals surface area contributed by atoms with Crippen molar-refractivity contribution in [1.82, 2.24) is 14.5 Å². The minimum atomic E-state index is -0.475. The minimum absolute atomic E-state index is 0.0240. The van der Waals surface area contributed by atoms with Crippen molar-refractivity contribution in [3.8, 4) is 11.3 Å². The number of nitrogens with zero attached hydrogens (tertiary/aromatic N) is 3. The number of piperidine rings is 1. The Bertz CT molecular complexity index is 1450. The third-order valence-electron chi connectivity index (χ3n) is 7.09. The summed E-state index contributed by atoms with van der Waals surface area (Å²) in [6.07, 6.45) is 3.41.